The van der Waals surface area contributed by atoms with Crippen molar-refractivity contribution in [2.75, 3.05) is 7.11 Å². The smallest absolute Gasteiger partial charge is 0.309 e. The van der Waals surface area contributed by atoms with Gasteiger partial charge in [-0.25, -0.2) is 4.39 Å². The van der Waals surface area contributed by atoms with Crippen LogP contribution in [0.3, 0.4) is 0 Å². The lowest BCUT2D eigenvalue weighted by molar-refractivity contribution is -0.146. The first-order valence-electron chi connectivity index (χ1n) is 6.55. The Labute approximate surface area is 125 Å². The van der Waals surface area contributed by atoms with E-state index in [2.05, 4.69) is 10.2 Å². The summed E-state index contributed by atoms with van der Waals surface area (Å²) in [6, 6.07) is 4.45. The first kappa shape index (κ1) is 14.0. The molecule has 0 amide bonds. The molecule has 0 radical (unpaired) electrons. The molecule has 2 heterocycles. The molecule has 1 atom stereocenters. The summed E-state index contributed by atoms with van der Waals surface area (Å²) >= 11 is 5.76. The van der Waals surface area contributed by atoms with Crippen LogP contribution in [0, 0.1) is 11.7 Å². The van der Waals surface area contributed by atoms with Gasteiger partial charge < -0.3 is 9.30 Å². The average molecular weight is 310 g/mol. The minimum atomic E-state index is -0.437. The summed E-state index contributed by atoms with van der Waals surface area (Å²) < 4.78 is 20.6. The van der Waals surface area contributed by atoms with E-state index in [9.17, 15) is 9.18 Å². The number of halogens is 2. The normalized spacial score (nSPS) is 17.4. The third-order valence-corrected chi connectivity index (χ3v) is 3.90. The minimum absolute atomic E-state index is 0.213. The molecule has 110 valence electrons. The Morgan fingerprint density at radius 3 is 3.00 bits per heavy atom. The van der Waals surface area contributed by atoms with E-state index in [4.69, 9.17) is 16.3 Å². The molecule has 0 spiro atoms. The molecule has 1 aliphatic rings. The predicted octanol–water partition coefficient (Wildman–Crippen LogP) is 2.47. The second-order valence-electron chi connectivity index (χ2n) is 4.93. The van der Waals surface area contributed by atoms with Crippen molar-refractivity contribution >= 4 is 17.6 Å². The highest BCUT2D eigenvalue weighted by molar-refractivity contribution is 6.30. The lowest BCUT2D eigenvalue weighted by Gasteiger charge is -2.21. The van der Waals surface area contributed by atoms with E-state index in [1.807, 2.05) is 4.57 Å². The van der Waals surface area contributed by atoms with Gasteiger partial charge in [0.05, 0.1) is 18.6 Å². The van der Waals surface area contributed by atoms with Gasteiger partial charge in [-0.1, -0.05) is 11.6 Å². The number of carbonyl (C=O) groups excluding carboxylic acids is 1. The van der Waals surface area contributed by atoms with Crippen LogP contribution in [0.4, 0.5) is 4.39 Å². The lowest BCUT2D eigenvalue weighted by atomic mass is 9.98. The molecule has 0 fully saturated rings. The van der Waals surface area contributed by atoms with E-state index in [0.717, 1.165) is 0 Å². The lowest BCUT2D eigenvalue weighted by Crippen LogP contribution is -2.27. The van der Waals surface area contributed by atoms with Crippen molar-refractivity contribution in [1.29, 1.82) is 0 Å². The Bertz CT molecular complexity index is 702. The highest BCUT2D eigenvalue weighted by Crippen LogP contribution is 2.28. The minimum Gasteiger partial charge on any atom is -0.469 e. The van der Waals surface area contributed by atoms with Crippen LogP contribution in [0.5, 0.6) is 0 Å². The molecule has 0 saturated carbocycles. The number of esters is 1. The number of benzene rings is 1. The van der Waals surface area contributed by atoms with Gasteiger partial charge in [-0.15, -0.1) is 10.2 Å². The molecule has 7 heteroatoms. The van der Waals surface area contributed by atoms with Crippen LogP contribution in [0.25, 0.3) is 11.4 Å². The monoisotopic (exact) mass is 309 g/mol. The molecule has 0 N–H and O–H groups in total. The molecule has 1 aliphatic heterocycles. The Morgan fingerprint density at radius 2 is 2.29 bits per heavy atom. The Morgan fingerprint density at radius 1 is 1.48 bits per heavy atom. The van der Waals surface area contributed by atoms with Gasteiger partial charge in [0, 0.05) is 18.0 Å². The maximum absolute atomic E-state index is 14.0. The van der Waals surface area contributed by atoms with Crippen LogP contribution in [0.1, 0.15) is 12.2 Å². The van der Waals surface area contributed by atoms with Crippen molar-refractivity contribution in [3.05, 3.63) is 34.9 Å². The number of fused-ring (bicyclic) bond motifs is 1. The maximum Gasteiger partial charge on any atom is 0.309 e. The number of carbonyl (C=O) groups is 1. The zero-order valence-corrected chi connectivity index (χ0v) is 12.1. The topological polar surface area (TPSA) is 57.0 Å². The van der Waals surface area contributed by atoms with E-state index in [-0.39, 0.29) is 11.9 Å². The van der Waals surface area contributed by atoms with Gasteiger partial charge in [0.2, 0.25) is 0 Å². The number of hydrogen-bond donors (Lipinski definition) is 0. The summed E-state index contributed by atoms with van der Waals surface area (Å²) in [5.41, 5.74) is 0.356. The van der Waals surface area contributed by atoms with Crippen molar-refractivity contribution in [2.24, 2.45) is 5.92 Å². The molecule has 1 aromatic heterocycles. The molecule has 0 saturated heterocycles. The highest BCUT2D eigenvalue weighted by Gasteiger charge is 2.29. The molecule has 0 bridgehead atoms. The molecular weight excluding hydrogens is 297 g/mol. The molecule has 5 nitrogen and oxygen atoms in total. The van der Waals surface area contributed by atoms with Crippen molar-refractivity contribution in [2.45, 2.75) is 19.4 Å². The quantitative estimate of drug-likeness (QED) is 0.800. The molecule has 0 aliphatic carbocycles. The van der Waals surface area contributed by atoms with Crippen LogP contribution in [-0.4, -0.2) is 27.8 Å². The number of aromatic nitrogens is 3. The number of ether oxygens (including phenoxy) is 1. The predicted molar refractivity (Wildman–Crippen MR) is 74.3 cm³/mol. The third-order valence-electron chi connectivity index (χ3n) is 3.66. The maximum atomic E-state index is 14.0. The summed E-state index contributed by atoms with van der Waals surface area (Å²) in [7, 11) is 1.37. The Kier molecular flexibility index (Phi) is 3.63. The van der Waals surface area contributed by atoms with E-state index >= 15 is 0 Å². The van der Waals surface area contributed by atoms with Crippen LogP contribution in [-0.2, 0) is 22.5 Å². The van der Waals surface area contributed by atoms with Gasteiger partial charge in [-0.2, -0.15) is 0 Å². The molecule has 1 aromatic carbocycles. The second kappa shape index (κ2) is 5.44. The first-order chi connectivity index (χ1) is 10.1. The van der Waals surface area contributed by atoms with E-state index in [0.29, 0.717) is 41.6 Å². The van der Waals surface area contributed by atoms with Gasteiger partial charge in [-0.05, 0) is 24.6 Å². The fourth-order valence-electron chi connectivity index (χ4n) is 2.57. The number of rotatable bonds is 2. The summed E-state index contributed by atoms with van der Waals surface area (Å²) in [5, 5.41) is 8.46. The number of hydrogen-bond acceptors (Lipinski definition) is 4. The van der Waals surface area contributed by atoms with Crippen molar-refractivity contribution in [3.8, 4) is 11.4 Å². The molecule has 3 rings (SSSR count). The largest absolute Gasteiger partial charge is 0.469 e. The van der Waals surface area contributed by atoms with Crippen molar-refractivity contribution in [3.63, 3.8) is 0 Å². The van der Waals surface area contributed by atoms with Crippen LogP contribution in [0.2, 0.25) is 5.02 Å². The molecule has 21 heavy (non-hydrogen) atoms. The first-order valence-corrected chi connectivity index (χ1v) is 6.93. The van der Waals surface area contributed by atoms with E-state index < -0.39 is 5.82 Å². The number of nitrogens with zero attached hydrogens (tertiary/aromatic N) is 3. The van der Waals surface area contributed by atoms with Crippen LogP contribution in [0.15, 0.2) is 18.2 Å². The third kappa shape index (κ3) is 2.51. The molecular formula is C14H13ClFN3O2. The summed E-state index contributed by atoms with van der Waals surface area (Å²) in [5.74, 6) is 0.231. The zero-order valence-electron chi connectivity index (χ0n) is 11.3. The fraction of sp³-hybridized carbons (Fsp3) is 0.357. The summed E-state index contributed by atoms with van der Waals surface area (Å²) in [4.78, 5) is 11.6. The second-order valence-corrected chi connectivity index (χ2v) is 5.36. The Balaban J connectivity index is 1.95. The van der Waals surface area contributed by atoms with Gasteiger partial charge in [0.1, 0.15) is 11.6 Å². The Hall–Kier alpha value is -1.95. The SMILES string of the molecule is COC(=O)C1CCn2c(nnc2-c2ccc(Cl)cc2F)C1. The van der Waals surface area contributed by atoms with Crippen molar-refractivity contribution in [1.82, 2.24) is 14.8 Å². The van der Waals surface area contributed by atoms with Crippen LogP contribution < -0.4 is 0 Å². The standard InChI is InChI=1S/C14H13ClFN3O2/c1-21-14(20)8-4-5-19-12(6-8)17-18-13(19)10-3-2-9(15)7-11(10)16/h2-3,7-8H,4-6H2,1H3. The van der Waals surface area contributed by atoms with Gasteiger partial charge in [0.25, 0.3) is 0 Å². The molecule has 1 unspecified atom stereocenters. The van der Waals surface area contributed by atoms with E-state index in [1.165, 1.54) is 13.2 Å². The van der Waals surface area contributed by atoms with Crippen LogP contribution >= 0.6 is 11.6 Å². The average Bonchev–Trinajstić information content (AvgIpc) is 2.89. The highest BCUT2D eigenvalue weighted by atomic mass is 35.5. The fourth-order valence-corrected chi connectivity index (χ4v) is 2.73. The summed E-state index contributed by atoms with van der Waals surface area (Å²) in [6.45, 7) is 0.555. The molecule has 2 aromatic rings. The zero-order chi connectivity index (χ0) is 15.0. The van der Waals surface area contributed by atoms with Gasteiger partial charge in [-0.3, -0.25) is 4.79 Å². The van der Waals surface area contributed by atoms with Crippen molar-refractivity contribution < 1.29 is 13.9 Å². The summed E-state index contributed by atoms with van der Waals surface area (Å²) in [6.07, 6.45) is 1.08. The number of methoxy groups -OCH3 is 1. The van der Waals surface area contributed by atoms with E-state index in [1.54, 1.807) is 12.1 Å². The van der Waals surface area contributed by atoms with Gasteiger partial charge in [0.15, 0.2) is 5.82 Å². The van der Waals surface area contributed by atoms with Gasteiger partial charge >= 0.3 is 5.97 Å².